The number of aryl methyl sites for hydroxylation is 2. The topological polar surface area (TPSA) is 43.1 Å². The molecular formula is C9H10INO. The van der Waals surface area contributed by atoms with Gasteiger partial charge in [-0.15, -0.1) is 0 Å². The Morgan fingerprint density at radius 1 is 1.33 bits per heavy atom. The fraction of sp³-hybridized carbons (Fsp3) is 0.222. The van der Waals surface area contributed by atoms with Gasteiger partial charge in [0.25, 0.3) is 0 Å². The second kappa shape index (κ2) is 3.43. The molecule has 0 bridgehead atoms. The van der Waals surface area contributed by atoms with Gasteiger partial charge in [-0.3, -0.25) is 4.79 Å². The summed E-state index contributed by atoms with van der Waals surface area (Å²) in [6.45, 7) is 3.86. The van der Waals surface area contributed by atoms with Crippen LogP contribution in [-0.4, -0.2) is 5.91 Å². The van der Waals surface area contributed by atoms with Crippen LogP contribution in [0, 0.1) is 17.4 Å². The number of halogens is 1. The third kappa shape index (κ3) is 1.77. The van der Waals surface area contributed by atoms with Gasteiger partial charge >= 0.3 is 0 Å². The van der Waals surface area contributed by atoms with Crippen molar-refractivity contribution in [3.8, 4) is 0 Å². The van der Waals surface area contributed by atoms with E-state index in [-0.39, 0.29) is 5.91 Å². The number of carbonyl (C=O) groups is 1. The van der Waals surface area contributed by atoms with E-state index in [2.05, 4.69) is 22.6 Å². The van der Waals surface area contributed by atoms with Crippen LogP contribution in [0.5, 0.6) is 0 Å². The zero-order valence-electron chi connectivity index (χ0n) is 7.02. The van der Waals surface area contributed by atoms with Crippen LogP contribution in [0.2, 0.25) is 0 Å². The lowest BCUT2D eigenvalue weighted by Gasteiger charge is -2.04. The standard InChI is InChI=1S/C9H10INO/c1-5-4-8(10)6(2)3-7(5)9(11)12/h3-4H,1-2H3,(H2,11,12). The Morgan fingerprint density at radius 3 is 2.42 bits per heavy atom. The lowest BCUT2D eigenvalue weighted by atomic mass is 10.1. The third-order valence-corrected chi connectivity index (χ3v) is 2.93. The molecule has 0 radical (unpaired) electrons. The van der Waals surface area contributed by atoms with Gasteiger partial charge in [0.15, 0.2) is 0 Å². The van der Waals surface area contributed by atoms with E-state index in [0.29, 0.717) is 5.56 Å². The van der Waals surface area contributed by atoms with E-state index in [9.17, 15) is 4.79 Å². The minimum Gasteiger partial charge on any atom is -0.366 e. The zero-order chi connectivity index (χ0) is 9.30. The molecule has 12 heavy (non-hydrogen) atoms. The lowest BCUT2D eigenvalue weighted by Crippen LogP contribution is -2.13. The molecule has 64 valence electrons. The Morgan fingerprint density at radius 2 is 1.92 bits per heavy atom. The van der Waals surface area contributed by atoms with Crippen LogP contribution in [0.4, 0.5) is 0 Å². The molecule has 0 aromatic heterocycles. The summed E-state index contributed by atoms with van der Waals surface area (Å²) in [7, 11) is 0. The monoisotopic (exact) mass is 275 g/mol. The summed E-state index contributed by atoms with van der Waals surface area (Å²) in [4.78, 5) is 10.9. The third-order valence-electron chi connectivity index (χ3n) is 1.77. The van der Waals surface area contributed by atoms with Crippen LogP contribution >= 0.6 is 22.6 Å². The van der Waals surface area contributed by atoms with Gasteiger partial charge in [-0.2, -0.15) is 0 Å². The van der Waals surface area contributed by atoms with Gasteiger partial charge in [0.2, 0.25) is 5.91 Å². The highest BCUT2D eigenvalue weighted by Crippen LogP contribution is 2.17. The van der Waals surface area contributed by atoms with Crippen molar-refractivity contribution >= 4 is 28.5 Å². The first-order chi connectivity index (χ1) is 5.52. The normalized spacial score (nSPS) is 9.92. The van der Waals surface area contributed by atoms with Crippen molar-refractivity contribution in [2.24, 2.45) is 5.73 Å². The molecule has 1 aromatic carbocycles. The number of nitrogens with two attached hydrogens (primary N) is 1. The van der Waals surface area contributed by atoms with Crippen molar-refractivity contribution in [1.29, 1.82) is 0 Å². The first-order valence-corrected chi connectivity index (χ1v) is 4.67. The highest BCUT2D eigenvalue weighted by molar-refractivity contribution is 14.1. The van der Waals surface area contributed by atoms with E-state index in [4.69, 9.17) is 5.73 Å². The van der Waals surface area contributed by atoms with Crippen LogP contribution in [0.1, 0.15) is 21.5 Å². The molecule has 0 spiro atoms. The van der Waals surface area contributed by atoms with Crippen LogP contribution in [0.15, 0.2) is 12.1 Å². The Balaban J connectivity index is 3.33. The molecule has 0 aliphatic rings. The summed E-state index contributed by atoms with van der Waals surface area (Å²) in [5.74, 6) is -0.355. The van der Waals surface area contributed by atoms with Crippen molar-refractivity contribution in [1.82, 2.24) is 0 Å². The Labute approximate surface area is 85.3 Å². The fourth-order valence-electron chi connectivity index (χ4n) is 1.05. The minimum atomic E-state index is -0.355. The van der Waals surface area contributed by atoms with Crippen LogP contribution in [0.25, 0.3) is 0 Å². The number of primary amides is 1. The molecule has 1 aromatic rings. The van der Waals surface area contributed by atoms with Crippen molar-refractivity contribution in [2.45, 2.75) is 13.8 Å². The number of carbonyl (C=O) groups excluding carboxylic acids is 1. The zero-order valence-corrected chi connectivity index (χ0v) is 9.18. The highest BCUT2D eigenvalue weighted by Gasteiger charge is 2.06. The Bertz CT molecular complexity index is 334. The van der Waals surface area contributed by atoms with Crippen LogP contribution in [-0.2, 0) is 0 Å². The molecule has 0 saturated heterocycles. The molecule has 2 nitrogen and oxygen atoms in total. The van der Waals surface area contributed by atoms with E-state index in [1.165, 1.54) is 0 Å². The average molecular weight is 275 g/mol. The van der Waals surface area contributed by atoms with E-state index in [1.807, 2.05) is 26.0 Å². The maximum atomic E-state index is 10.9. The molecule has 2 N–H and O–H groups in total. The molecule has 0 atom stereocenters. The maximum Gasteiger partial charge on any atom is 0.248 e. The molecule has 0 unspecified atom stereocenters. The predicted molar refractivity (Wildman–Crippen MR) is 57.2 cm³/mol. The van der Waals surface area contributed by atoms with Crippen molar-refractivity contribution in [3.63, 3.8) is 0 Å². The summed E-state index contributed by atoms with van der Waals surface area (Å²) >= 11 is 2.24. The first-order valence-electron chi connectivity index (χ1n) is 3.59. The van der Waals surface area contributed by atoms with Gasteiger partial charge in [0.1, 0.15) is 0 Å². The number of amides is 1. The summed E-state index contributed by atoms with van der Waals surface area (Å²) in [5, 5.41) is 0. The fourth-order valence-corrected chi connectivity index (χ4v) is 1.67. The van der Waals surface area contributed by atoms with Crippen LogP contribution < -0.4 is 5.73 Å². The SMILES string of the molecule is Cc1cc(C(N)=O)c(C)cc1I. The maximum absolute atomic E-state index is 10.9. The quantitative estimate of drug-likeness (QED) is 0.783. The van der Waals surface area contributed by atoms with E-state index < -0.39 is 0 Å². The van der Waals surface area contributed by atoms with Gasteiger partial charge < -0.3 is 5.73 Å². The number of benzene rings is 1. The molecule has 0 fully saturated rings. The average Bonchev–Trinajstić information content (AvgIpc) is 1.96. The molecular weight excluding hydrogens is 265 g/mol. The summed E-state index contributed by atoms with van der Waals surface area (Å²) in [6, 6.07) is 3.80. The van der Waals surface area contributed by atoms with Crippen molar-refractivity contribution in [3.05, 3.63) is 32.4 Å². The van der Waals surface area contributed by atoms with Gasteiger partial charge in [-0.05, 0) is 59.7 Å². The van der Waals surface area contributed by atoms with Gasteiger partial charge in [0.05, 0.1) is 0 Å². The van der Waals surface area contributed by atoms with Crippen LogP contribution in [0.3, 0.4) is 0 Å². The number of rotatable bonds is 1. The summed E-state index contributed by atoms with van der Waals surface area (Å²) in [6.07, 6.45) is 0. The Hall–Kier alpha value is -0.580. The lowest BCUT2D eigenvalue weighted by molar-refractivity contribution is 0.0999. The summed E-state index contributed by atoms with van der Waals surface area (Å²) in [5.41, 5.74) is 7.85. The van der Waals surface area contributed by atoms with E-state index >= 15 is 0 Å². The predicted octanol–water partition coefficient (Wildman–Crippen LogP) is 2.01. The largest absolute Gasteiger partial charge is 0.366 e. The molecule has 3 heteroatoms. The minimum absolute atomic E-state index is 0.355. The molecule has 1 amide bonds. The Kier molecular flexibility index (Phi) is 2.72. The van der Waals surface area contributed by atoms with Gasteiger partial charge in [0, 0.05) is 9.13 Å². The number of hydrogen-bond donors (Lipinski definition) is 1. The second-order valence-corrected chi connectivity index (χ2v) is 3.94. The summed E-state index contributed by atoms with van der Waals surface area (Å²) < 4.78 is 1.16. The number of hydrogen-bond acceptors (Lipinski definition) is 1. The highest BCUT2D eigenvalue weighted by atomic mass is 127. The molecule has 0 aliphatic carbocycles. The van der Waals surface area contributed by atoms with E-state index in [1.54, 1.807) is 0 Å². The molecule has 0 aliphatic heterocycles. The van der Waals surface area contributed by atoms with Gasteiger partial charge in [-0.25, -0.2) is 0 Å². The van der Waals surface area contributed by atoms with Gasteiger partial charge in [-0.1, -0.05) is 0 Å². The smallest absolute Gasteiger partial charge is 0.248 e. The molecule has 0 saturated carbocycles. The first kappa shape index (κ1) is 9.51. The molecule has 0 heterocycles. The molecule has 1 rings (SSSR count). The van der Waals surface area contributed by atoms with E-state index in [0.717, 1.165) is 14.7 Å². The van der Waals surface area contributed by atoms with Crippen molar-refractivity contribution < 1.29 is 4.79 Å². The second-order valence-electron chi connectivity index (χ2n) is 2.78. The van der Waals surface area contributed by atoms with Crippen molar-refractivity contribution in [2.75, 3.05) is 0 Å².